The van der Waals surface area contributed by atoms with Gasteiger partial charge in [-0.15, -0.1) is 0 Å². The zero-order valence-electron chi connectivity index (χ0n) is 16.4. The first-order valence-corrected chi connectivity index (χ1v) is 9.93. The first-order valence-electron chi connectivity index (χ1n) is 9.93. The maximum Gasteiger partial charge on any atom is 0.426 e. The second-order valence-corrected chi connectivity index (χ2v) is 8.70. The Balaban J connectivity index is 1.78. The second-order valence-electron chi connectivity index (χ2n) is 8.70. The molecular formula is C23H24F5N. The van der Waals surface area contributed by atoms with Gasteiger partial charge in [0.1, 0.15) is 5.82 Å². The van der Waals surface area contributed by atoms with Crippen LogP contribution in [0.25, 0.3) is 0 Å². The lowest BCUT2D eigenvalue weighted by molar-refractivity contribution is -0.228. The van der Waals surface area contributed by atoms with E-state index in [9.17, 15) is 22.0 Å². The van der Waals surface area contributed by atoms with Gasteiger partial charge in [0.2, 0.25) is 5.67 Å². The maximum atomic E-state index is 14.5. The molecule has 1 heterocycles. The van der Waals surface area contributed by atoms with E-state index < -0.39 is 11.8 Å². The highest BCUT2D eigenvalue weighted by Crippen LogP contribution is 2.49. The molecule has 2 aliphatic rings. The summed E-state index contributed by atoms with van der Waals surface area (Å²) in [5.41, 5.74) is -1.28. The number of alkyl halides is 4. The molecule has 1 N–H and O–H groups in total. The van der Waals surface area contributed by atoms with Crippen molar-refractivity contribution in [3.63, 3.8) is 0 Å². The van der Waals surface area contributed by atoms with E-state index >= 15 is 0 Å². The zero-order chi connectivity index (χ0) is 21.0. The van der Waals surface area contributed by atoms with Gasteiger partial charge >= 0.3 is 6.18 Å². The van der Waals surface area contributed by atoms with Crippen LogP contribution < -0.4 is 5.32 Å². The second kappa shape index (κ2) is 6.79. The molecule has 156 valence electrons. The Morgan fingerprint density at radius 2 is 1.76 bits per heavy atom. The molecule has 0 aromatic heterocycles. The van der Waals surface area contributed by atoms with Gasteiger partial charge in [0, 0.05) is 17.5 Å². The normalized spacial score (nSPS) is 28.5. The SMILES string of the molecule is C[C@@H]1CC2(Cc3ccc(F)cc3)c3ccc(C(C)(F)C(F)(F)F)cc3CCC2N1. The van der Waals surface area contributed by atoms with Crippen molar-refractivity contribution in [2.75, 3.05) is 0 Å². The van der Waals surface area contributed by atoms with E-state index in [2.05, 4.69) is 12.2 Å². The van der Waals surface area contributed by atoms with Gasteiger partial charge < -0.3 is 5.32 Å². The fraction of sp³-hybridized carbons (Fsp3) is 0.478. The smallest absolute Gasteiger partial charge is 0.311 e. The van der Waals surface area contributed by atoms with Gasteiger partial charge in [0.05, 0.1) is 0 Å². The fourth-order valence-electron chi connectivity index (χ4n) is 5.21. The average Bonchev–Trinajstić information content (AvgIpc) is 2.98. The van der Waals surface area contributed by atoms with E-state index in [0.717, 1.165) is 29.5 Å². The Bertz CT molecular complexity index is 902. The summed E-state index contributed by atoms with van der Waals surface area (Å²) >= 11 is 0. The number of benzene rings is 2. The van der Waals surface area contributed by atoms with Crippen molar-refractivity contribution < 1.29 is 22.0 Å². The molecular weight excluding hydrogens is 385 g/mol. The summed E-state index contributed by atoms with van der Waals surface area (Å²) in [7, 11) is 0. The molecule has 0 spiro atoms. The highest BCUT2D eigenvalue weighted by Gasteiger charge is 2.54. The van der Waals surface area contributed by atoms with Crippen molar-refractivity contribution in [3.05, 3.63) is 70.5 Å². The van der Waals surface area contributed by atoms with Crippen molar-refractivity contribution in [2.24, 2.45) is 0 Å². The minimum atomic E-state index is -4.96. The largest absolute Gasteiger partial charge is 0.426 e. The monoisotopic (exact) mass is 409 g/mol. The molecule has 0 saturated carbocycles. The van der Waals surface area contributed by atoms with Gasteiger partial charge in [-0.05, 0) is 73.9 Å². The van der Waals surface area contributed by atoms with Crippen molar-refractivity contribution in [3.8, 4) is 0 Å². The molecule has 6 heteroatoms. The van der Waals surface area contributed by atoms with Gasteiger partial charge in [0.25, 0.3) is 0 Å². The van der Waals surface area contributed by atoms with Crippen LogP contribution in [0.3, 0.4) is 0 Å². The number of rotatable bonds is 3. The molecule has 2 aromatic carbocycles. The van der Waals surface area contributed by atoms with Crippen LogP contribution in [0.2, 0.25) is 0 Å². The lowest BCUT2D eigenvalue weighted by Gasteiger charge is -2.42. The molecule has 0 radical (unpaired) electrons. The molecule has 1 nitrogen and oxygen atoms in total. The molecule has 4 atom stereocenters. The van der Waals surface area contributed by atoms with E-state index in [-0.39, 0.29) is 28.9 Å². The van der Waals surface area contributed by atoms with Crippen LogP contribution in [0.1, 0.15) is 48.9 Å². The van der Waals surface area contributed by atoms with E-state index in [1.807, 2.05) is 0 Å². The summed E-state index contributed by atoms with van der Waals surface area (Å²) in [5.74, 6) is -0.302. The number of nitrogens with one attached hydrogen (secondary N) is 1. The third-order valence-electron chi connectivity index (χ3n) is 6.67. The Morgan fingerprint density at radius 1 is 1.07 bits per heavy atom. The first-order chi connectivity index (χ1) is 13.5. The first kappa shape index (κ1) is 20.3. The molecule has 1 aliphatic carbocycles. The van der Waals surface area contributed by atoms with Gasteiger partial charge in [-0.2, -0.15) is 13.2 Å². The van der Waals surface area contributed by atoms with Crippen LogP contribution in [-0.4, -0.2) is 18.3 Å². The summed E-state index contributed by atoms with van der Waals surface area (Å²) in [6, 6.07) is 11.2. The summed E-state index contributed by atoms with van der Waals surface area (Å²) < 4.78 is 67.5. The summed E-state index contributed by atoms with van der Waals surface area (Å²) in [4.78, 5) is 0. The highest BCUT2D eigenvalue weighted by atomic mass is 19.4. The zero-order valence-corrected chi connectivity index (χ0v) is 16.4. The molecule has 1 aliphatic heterocycles. The standard InChI is InChI=1S/C23H24F5N/c1-14-12-22(13-15-3-7-18(24)8-4-15)19-9-6-17(21(2,25)23(26,27)28)11-16(19)5-10-20(22)29-14/h3-4,6-9,11,14,20,29H,5,10,12-13H2,1-2H3/t14-,20?,21?,22?/m1/s1. The number of hydrogen-bond donors (Lipinski definition) is 1. The molecule has 0 amide bonds. The lowest BCUT2D eigenvalue weighted by Crippen LogP contribution is -2.46. The third-order valence-corrected chi connectivity index (χ3v) is 6.67. The Labute approximate surface area is 167 Å². The summed E-state index contributed by atoms with van der Waals surface area (Å²) in [5, 5.41) is 3.61. The van der Waals surface area contributed by atoms with Crippen LogP contribution in [0.15, 0.2) is 42.5 Å². The third kappa shape index (κ3) is 3.35. The quantitative estimate of drug-likeness (QED) is 0.637. The minimum Gasteiger partial charge on any atom is -0.311 e. The van der Waals surface area contributed by atoms with Crippen molar-refractivity contribution >= 4 is 0 Å². The molecule has 29 heavy (non-hydrogen) atoms. The Kier molecular flexibility index (Phi) is 4.76. The predicted molar refractivity (Wildman–Crippen MR) is 102 cm³/mol. The number of aryl methyl sites for hydroxylation is 1. The van der Waals surface area contributed by atoms with Crippen LogP contribution in [0.5, 0.6) is 0 Å². The average molecular weight is 409 g/mol. The van der Waals surface area contributed by atoms with Crippen LogP contribution >= 0.6 is 0 Å². The fourth-order valence-corrected chi connectivity index (χ4v) is 5.21. The van der Waals surface area contributed by atoms with E-state index in [4.69, 9.17) is 0 Å². The number of hydrogen-bond acceptors (Lipinski definition) is 1. The van der Waals surface area contributed by atoms with Crippen LogP contribution in [0, 0.1) is 5.82 Å². The molecule has 1 fully saturated rings. The van der Waals surface area contributed by atoms with Gasteiger partial charge in [-0.3, -0.25) is 0 Å². The minimum absolute atomic E-state index is 0.181. The van der Waals surface area contributed by atoms with Crippen molar-refractivity contribution in [1.82, 2.24) is 5.32 Å². The molecule has 1 saturated heterocycles. The summed E-state index contributed by atoms with van der Waals surface area (Å²) in [6.07, 6.45) is -2.10. The highest BCUT2D eigenvalue weighted by molar-refractivity contribution is 5.46. The predicted octanol–water partition coefficient (Wildman–Crippen LogP) is 5.75. The van der Waals surface area contributed by atoms with Crippen LogP contribution in [-0.2, 0) is 23.9 Å². The Hall–Kier alpha value is -1.95. The van der Waals surface area contributed by atoms with Crippen molar-refractivity contribution in [1.29, 1.82) is 0 Å². The molecule has 3 unspecified atom stereocenters. The molecule has 4 rings (SSSR count). The molecule has 2 aromatic rings. The Morgan fingerprint density at radius 3 is 2.41 bits per heavy atom. The number of halogens is 5. The van der Waals surface area contributed by atoms with E-state index in [1.165, 1.54) is 24.3 Å². The van der Waals surface area contributed by atoms with Gasteiger partial charge in [-0.1, -0.05) is 30.3 Å². The lowest BCUT2D eigenvalue weighted by atomic mass is 9.63. The van der Waals surface area contributed by atoms with Crippen molar-refractivity contribution in [2.45, 2.75) is 68.9 Å². The van der Waals surface area contributed by atoms with Gasteiger partial charge in [0.15, 0.2) is 0 Å². The van der Waals surface area contributed by atoms with E-state index in [1.54, 1.807) is 18.2 Å². The molecule has 0 bridgehead atoms. The topological polar surface area (TPSA) is 12.0 Å². The van der Waals surface area contributed by atoms with E-state index in [0.29, 0.717) is 19.8 Å². The van der Waals surface area contributed by atoms with Gasteiger partial charge in [-0.25, -0.2) is 8.78 Å². The van der Waals surface area contributed by atoms with Crippen LogP contribution in [0.4, 0.5) is 22.0 Å². The summed E-state index contributed by atoms with van der Waals surface area (Å²) in [6.45, 7) is 2.68. The number of fused-ring (bicyclic) bond motifs is 3. The maximum absolute atomic E-state index is 14.5.